The highest BCUT2D eigenvalue weighted by molar-refractivity contribution is 5.72. The largest absolute Gasteiger partial charge is 0.374 e. The van der Waals surface area contributed by atoms with Gasteiger partial charge in [0.25, 0.3) is 0 Å². The molecule has 0 heterocycles. The van der Waals surface area contributed by atoms with Gasteiger partial charge in [-0.3, -0.25) is 4.79 Å². The fourth-order valence-corrected chi connectivity index (χ4v) is 0.308. The zero-order chi connectivity index (χ0) is 7.28. The average Bonchev–Trinajstić information content (AvgIpc) is 1.83. The molecule has 0 rings (SSSR count). The van der Waals surface area contributed by atoms with Crippen LogP contribution in [-0.4, -0.2) is 19.0 Å². The van der Waals surface area contributed by atoms with E-state index in [2.05, 4.69) is 6.58 Å². The van der Waals surface area contributed by atoms with Crippen molar-refractivity contribution >= 4 is 6.29 Å². The Kier molecular flexibility index (Phi) is 3.97. The summed E-state index contributed by atoms with van der Waals surface area (Å²) >= 11 is 0. The maximum atomic E-state index is 9.94. The molecule has 2 nitrogen and oxygen atoms in total. The number of carbonyl (C=O) groups is 1. The minimum Gasteiger partial charge on any atom is -0.374 e. The van der Waals surface area contributed by atoms with E-state index >= 15 is 0 Å². The lowest BCUT2D eigenvalue weighted by atomic mass is 10.3. The van der Waals surface area contributed by atoms with Crippen molar-refractivity contribution in [3.8, 4) is 0 Å². The number of hydrogen-bond donors (Lipinski definition) is 0. The zero-order valence-corrected chi connectivity index (χ0v) is 5.89. The molecule has 0 aliphatic rings. The van der Waals surface area contributed by atoms with Crippen molar-refractivity contribution in [1.29, 1.82) is 0 Å². The van der Waals surface area contributed by atoms with E-state index in [4.69, 9.17) is 4.74 Å². The van der Waals surface area contributed by atoms with Gasteiger partial charge in [0.15, 0.2) is 0 Å². The van der Waals surface area contributed by atoms with Crippen molar-refractivity contribution in [2.45, 2.75) is 20.0 Å². The number of aldehydes is 1. The smallest absolute Gasteiger partial charge is 0.147 e. The van der Waals surface area contributed by atoms with Gasteiger partial charge in [-0.15, -0.1) is 0 Å². The second-order valence-corrected chi connectivity index (χ2v) is 2.14. The summed E-state index contributed by atoms with van der Waals surface area (Å²) in [7, 11) is 0. The van der Waals surface area contributed by atoms with Crippen LogP contribution in [0.25, 0.3) is 0 Å². The Morgan fingerprint density at radius 1 is 1.78 bits per heavy atom. The summed E-state index contributed by atoms with van der Waals surface area (Å²) in [5.74, 6) is 0. The Hall–Kier alpha value is -0.630. The molecule has 0 radical (unpaired) electrons. The standard InChI is InChI=1S/C7H12O2/c1-6(2)9-5-7(3)4-8/h4,6H,3,5H2,1-2H3. The van der Waals surface area contributed by atoms with E-state index < -0.39 is 0 Å². The number of carbonyl (C=O) groups excluding carboxylic acids is 1. The van der Waals surface area contributed by atoms with Gasteiger partial charge >= 0.3 is 0 Å². The molecule has 0 aliphatic heterocycles. The van der Waals surface area contributed by atoms with Crippen LogP contribution in [0, 0.1) is 0 Å². The highest BCUT2D eigenvalue weighted by Gasteiger charge is 1.93. The minimum absolute atomic E-state index is 0.168. The first-order chi connectivity index (χ1) is 4.16. The lowest BCUT2D eigenvalue weighted by Crippen LogP contribution is -2.05. The molecule has 0 bridgehead atoms. The molecular formula is C7H12O2. The summed E-state index contributed by atoms with van der Waals surface area (Å²) in [6.07, 6.45) is 0.879. The molecule has 9 heavy (non-hydrogen) atoms. The van der Waals surface area contributed by atoms with Gasteiger partial charge in [0, 0.05) is 5.57 Å². The van der Waals surface area contributed by atoms with E-state index in [9.17, 15) is 4.79 Å². The molecule has 0 N–H and O–H groups in total. The number of hydrogen-bond acceptors (Lipinski definition) is 2. The highest BCUT2D eigenvalue weighted by atomic mass is 16.5. The fraction of sp³-hybridized carbons (Fsp3) is 0.571. The molecule has 0 aromatic rings. The lowest BCUT2D eigenvalue weighted by molar-refractivity contribution is -0.105. The predicted molar refractivity (Wildman–Crippen MR) is 36.3 cm³/mol. The second-order valence-electron chi connectivity index (χ2n) is 2.14. The fourth-order valence-electron chi connectivity index (χ4n) is 0.308. The van der Waals surface area contributed by atoms with Crippen molar-refractivity contribution in [2.24, 2.45) is 0 Å². The number of rotatable bonds is 4. The first kappa shape index (κ1) is 8.37. The molecule has 0 saturated carbocycles. The van der Waals surface area contributed by atoms with Gasteiger partial charge in [0.1, 0.15) is 6.29 Å². The van der Waals surface area contributed by atoms with E-state index in [1.165, 1.54) is 0 Å². The molecule has 0 atom stereocenters. The molecular weight excluding hydrogens is 116 g/mol. The normalized spacial score (nSPS) is 9.67. The minimum atomic E-state index is 0.168. The third-order valence-corrected chi connectivity index (χ3v) is 0.769. The van der Waals surface area contributed by atoms with Crippen molar-refractivity contribution in [3.63, 3.8) is 0 Å². The lowest BCUT2D eigenvalue weighted by Gasteiger charge is -2.04. The van der Waals surface area contributed by atoms with E-state index in [1.54, 1.807) is 0 Å². The molecule has 0 amide bonds. The zero-order valence-electron chi connectivity index (χ0n) is 5.89. The molecule has 0 unspecified atom stereocenters. The first-order valence-electron chi connectivity index (χ1n) is 2.91. The molecule has 52 valence electrons. The van der Waals surface area contributed by atoms with Crippen molar-refractivity contribution in [3.05, 3.63) is 12.2 Å². The van der Waals surface area contributed by atoms with Crippen LogP contribution in [0.4, 0.5) is 0 Å². The van der Waals surface area contributed by atoms with Gasteiger partial charge < -0.3 is 4.74 Å². The maximum Gasteiger partial charge on any atom is 0.147 e. The molecule has 0 spiro atoms. The van der Waals surface area contributed by atoms with Crippen LogP contribution >= 0.6 is 0 Å². The van der Waals surface area contributed by atoms with E-state index in [0.717, 1.165) is 0 Å². The third kappa shape index (κ3) is 5.24. The monoisotopic (exact) mass is 128 g/mol. The van der Waals surface area contributed by atoms with Crippen LogP contribution in [0.5, 0.6) is 0 Å². The molecule has 0 fully saturated rings. The summed E-state index contributed by atoms with van der Waals surface area (Å²) in [6.45, 7) is 7.63. The molecule has 0 aromatic heterocycles. The van der Waals surface area contributed by atoms with Crippen molar-refractivity contribution < 1.29 is 9.53 Å². The SMILES string of the molecule is C=C(C=O)COC(C)C. The van der Waals surface area contributed by atoms with Gasteiger partial charge in [0.05, 0.1) is 12.7 Å². The van der Waals surface area contributed by atoms with Crippen LogP contribution in [-0.2, 0) is 9.53 Å². The third-order valence-electron chi connectivity index (χ3n) is 0.769. The average molecular weight is 128 g/mol. The van der Waals surface area contributed by atoms with E-state index in [1.807, 2.05) is 13.8 Å². The van der Waals surface area contributed by atoms with E-state index in [-0.39, 0.29) is 6.10 Å². The predicted octanol–water partition coefficient (Wildman–Crippen LogP) is 1.17. The van der Waals surface area contributed by atoms with Gasteiger partial charge in [-0.05, 0) is 13.8 Å². The quantitative estimate of drug-likeness (QED) is 0.419. The summed E-state index contributed by atoms with van der Waals surface area (Å²) < 4.78 is 5.06. The number of ether oxygens (including phenoxy) is 1. The summed E-state index contributed by atoms with van der Waals surface area (Å²) in [6, 6.07) is 0. The van der Waals surface area contributed by atoms with Crippen molar-refractivity contribution in [1.82, 2.24) is 0 Å². The molecule has 0 aromatic carbocycles. The summed E-state index contributed by atoms with van der Waals surface area (Å²) in [4.78, 5) is 9.94. The molecule has 0 aliphatic carbocycles. The van der Waals surface area contributed by atoms with Gasteiger partial charge in [-0.25, -0.2) is 0 Å². The Labute approximate surface area is 55.5 Å². The van der Waals surface area contributed by atoms with E-state index in [0.29, 0.717) is 18.5 Å². The summed E-state index contributed by atoms with van der Waals surface area (Å²) in [5, 5.41) is 0. The van der Waals surface area contributed by atoms with Gasteiger partial charge in [-0.2, -0.15) is 0 Å². The van der Waals surface area contributed by atoms with Crippen molar-refractivity contribution in [2.75, 3.05) is 6.61 Å². The van der Waals surface area contributed by atoms with Crippen LogP contribution in [0.2, 0.25) is 0 Å². The topological polar surface area (TPSA) is 26.3 Å². The summed E-state index contributed by atoms with van der Waals surface area (Å²) in [5.41, 5.74) is 0.490. The maximum absolute atomic E-state index is 9.94. The molecule has 2 heteroatoms. The Morgan fingerprint density at radius 2 is 2.33 bits per heavy atom. The Balaban J connectivity index is 3.27. The highest BCUT2D eigenvalue weighted by Crippen LogP contribution is 1.91. The molecule has 0 saturated heterocycles. The first-order valence-corrected chi connectivity index (χ1v) is 2.91. The van der Waals surface area contributed by atoms with Crippen LogP contribution in [0.3, 0.4) is 0 Å². The van der Waals surface area contributed by atoms with Gasteiger partial charge in [-0.1, -0.05) is 6.58 Å². The second kappa shape index (κ2) is 4.27. The van der Waals surface area contributed by atoms with Crippen LogP contribution in [0.1, 0.15) is 13.8 Å². The van der Waals surface area contributed by atoms with Crippen LogP contribution < -0.4 is 0 Å². The van der Waals surface area contributed by atoms with Gasteiger partial charge in [0.2, 0.25) is 0 Å². The Morgan fingerprint density at radius 3 is 2.67 bits per heavy atom. The Bertz CT molecular complexity index is 105. The van der Waals surface area contributed by atoms with Crippen LogP contribution in [0.15, 0.2) is 12.2 Å².